The predicted octanol–water partition coefficient (Wildman–Crippen LogP) is 3.53. The highest BCUT2D eigenvalue weighted by Gasteiger charge is 2.62. The molecule has 4 nitrogen and oxygen atoms in total. The summed E-state index contributed by atoms with van der Waals surface area (Å²) in [7, 11) is 0. The maximum Gasteiger partial charge on any atom is 0.462 e. The molecule has 0 bridgehead atoms. The van der Waals surface area contributed by atoms with Gasteiger partial charge in [0.15, 0.2) is 0 Å². The molecular weight excluding hydrogens is 347 g/mol. The van der Waals surface area contributed by atoms with E-state index in [4.69, 9.17) is 4.74 Å². The first-order valence-electron chi connectivity index (χ1n) is 7.81. The van der Waals surface area contributed by atoms with E-state index in [1.807, 2.05) is 0 Å². The third-order valence-corrected chi connectivity index (χ3v) is 4.10. The summed E-state index contributed by atoms with van der Waals surface area (Å²) in [4.78, 5) is 11.6. The maximum atomic E-state index is 13.7. The first-order chi connectivity index (χ1) is 12.1. The van der Waals surface area contributed by atoms with E-state index in [2.05, 4.69) is 5.32 Å². The molecule has 1 heterocycles. The van der Waals surface area contributed by atoms with Crippen LogP contribution in [0.2, 0.25) is 0 Å². The molecule has 1 atom stereocenters. The molecule has 0 saturated carbocycles. The summed E-state index contributed by atoms with van der Waals surface area (Å²) >= 11 is 0. The summed E-state index contributed by atoms with van der Waals surface area (Å²) < 4.78 is 46.2. The molecule has 1 aliphatic heterocycles. The summed E-state index contributed by atoms with van der Waals surface area (Å²) in [6.07, 6.45) is -5.17. The first kappa shape index (κ1) is 18.0. The molecule has 2 N–H and O–H groups in total. The highest BCUT2D eigenvalue weighted by molar-refractivity contribution is 5.91. The number of hydrogen-bond donors (Lipinski definition) is 2. The molecule has 2 aromatic carbocycles. The second-order valence-corrected chi connectivity index (χ2v) is 5.99. The SMILES string of the molecule is CC(=O)NC1=C(c2ccccc2C)c2ccccc2OC1(O)C(F)(F)F. The molecule has 3 rings (SSSR count). The second kappa shape index (κ2) is 6.17. The summed E-state index contributed by atoms with van der Waals surface area (Å²) in [5.74, 6) is -4.55. The number of carbonyl (C=O) groups is 1. The van der Waals surface area contributed by atoms with Crippen LogP contribution in [0, 0.1) is 6.92 Å². The number of para-hydroxylation sites is 1. The Hall–Kier alpha value is -2.80. The van der Waals surface area contributed by atoms with Gasteiger partial charge in [0.25, 0.3) is 0 Å². The molecule has 26 heavy (non-hydrogen) atoms. The van der Waals surface area contributed by atoms with Crippen LogP contribution in [-0.2, 0) is 4.79 Å². The Labute approximate surface area is 147 Å². The van der Waals surface area contributed by atoms with E-state index in [0.717, 1.165) is 6.92 Å². The molecule has 0 radical (unpaired) electrons. The van der Waals surface area contributed by atoms with Crippen LogP contribution >= 0.6 is 0 Å². The number of hydrogen-bond acceptors (Lipinski definition) is 3. The van der Waals surface area contributed by atoms with Crippen molar-refractivity contribution >= 4 is 11.5 Å². The minimum atomic E-state index is -5.17. The molecule has 7 heteroatoms. The smallest absolute Gasteiger partial charge is 0.448 e. The lowest BCUT2D eigenvalue weighted by Gasteiger charge is -2.38. The molecular formula is C19H16F3NO3. The number of ether oxygens (including phenoxy) is 1. The quantitative estimate of drug-likeness (QED) is 0.858. The van der Waals surface area contributed by atoms with Gasteiger partial charge in [-0.05, 0) is 24.1 Å². The average Bonchev–Trinajstić information content (AvgIpc) is 2.55. The van der Waals surface area contributed by atoms with Gasteiger partial charge >= 0.3 is 12.0 Å². The van der Waals surface area contributed by atoms with E-state index in [0.29, 0.717) is 16.7 Å². The van der Waals surface area contributed by atoms with Crippen LogP contribution in [0.1, 0.15) is 23.6 Å². The average molecular weight is 363 g/mol. The highest BCUT2D eigenvalue weighted by atomic mass is 19.4. The van der Waals surface area contributed by atoms with Crippen molar-refractivity contribution < 1.29 is 27.8 Å². The standard InChI is InChI=1S/C19H16F3NO3/c1-11-7-3-4-8-13(11)16-14-9-5-6-10-15(14)26-18(25,19(20,21)22)17(16)23-12(2)24/h3-10,25H,1-2H3,(H,23,24). The largest absolute Gasteiger partial charge is 0.462 e. The van der Waals surface area contributed by atoms with E-state index in [-0.39, 0.29) is 11.3 Å². The third kappa shape index (κ3) is 2.84. The maximum absolute atomic E-state index is 13.7. The Balaban J connectivity index is 2.43. The summed E-state index contributed by atoms with van der Waals surface area (Å²) in [6.45, 7) is 2.80. The fraction of sp³-hybridized carbons (Fsp3) is 0.211. The molecule has 2 aromatic rings. The Bertz CT molecular complexity index is 905. The zero-order valence-corrected chi connectivity index (χ0v) is 14.0. The van der Waals surface area contributed by atoms with E-state index in [9.17, 15) is 23.1 Å². The normalized spacial score (nSPS) is 19.6. The lowest BCUT2D eigenvalue weighted by atomic mass is 9.87. The number of carbonyl (C=O) groups excluding carboxylic acids is 1. The van der Waals surface area contributed by atoms with Crippen molar-refractivity contribution in [2.24, 2.45) is 0 Å². The van der Waals surface area contributed by atoms with E-state index in [1.165, 1.54) is 12.1 Å². The van der Waals surface area contributed by atoms with Gasteiger partial charge in [0.2, 0.25) is 5.91 Å². The van der Waals surface area contributed by atoms with Gasteiger partial charge < -0.3 is 15.2 Å². The fourth-order valence-electron chi connectivity index (χ4n) is 2.93. The van der Waals surface area contributed by atoms with Crippen LogP contribution in [0.25, 0.3) is 5.57 Å². The van der Waals surface area contributed by atoms with Crippen molar-refractivity contribution in [3.05, 3.63) is 70.9 Å². The van der Waals surface area contributed by atoms with Gasteiger partial charge in [0, 0.05) is 18.1 Å². The van der Waals surface area contributed by atoms with Gasteiger partial charge in [-0.2, -0.15) is 13.2 Å². The van der Waals surface area contributed by atoms with Crippen molar-refractivity contribution in [3.8, 4) is 5.75 Å². The Morgan fingerprint density at radius 2 is 1.65 bits per heavy atom. The van der Waals surface area contributed by atoms with Crippen LogP contribution in [-0.4, -0.2) is 23.0 Å². The van der Waals surface area contributed by atoms with Crippen LogP contribution in [0.5, 0.6) is 5.75 Å². The van der Waals surface area contributed by atoms with Gasteiger partial charge in [0.05, 0.1) is 0 Å². The van der Waals surface area contributed by atoms with Crippen molar-refractivity contribution in [1.29, 1.82) is 0 Å². The van der Waals surface area contributed by atoms with Gasteiger partial charge in [-0.15, -0.1) is 0 Å². The number of alkyl halides is 3. The molecule has 0 aromatic heterocycles. The fourth-order valence-corrected chi connectivity index (χ4v) is 2.93. The highest BCUT2D eigenvalue weighted by Crippen LogP contribution is 2.48. The minimum Gasteiger partial charge on any atom is -0.448 e. The van der Waals surface area contributed by atoms with Gasteiger partial charge in [-0.1, -0.05) is 42.5 Å². The molecule has 0 saturated heterocycles. The van der Waals surface area contributed by atoms with E-state index < -0.39 is 23.6 Å². The van der Waals surface area contributed by atoms with E-state index >= 15 is 0 Å². The zero-order chi connectivity index (χ0) is 19.1. The minimum absolute atomic E-state index is 0.0694. The molecule has 0 fully saturated rings. The Morgan fingerprint density at radius 3 is 2.23 bits per heavy atom. The van der Waals surface area contributed by atoms with Gasteiger partial charge in [0.1, 0.15) is 11.4 Å². The number of halogens is 3. The summed E-state index contributed by atoms with van der Waals surface area (Å²) in [5, 5.41) is 12.6. The number of amides is 1. The number of aliphatic hydroxyl groups is 1. The zero-order valence-electron chi connectivity index (χ0n) is 14.0. The molecule has 0 spiro atoms. The van der Waals surface area contributed by atoms with Crippen molar-refractivity contribution in [2.45, 2.75) is 25.8 Å². The van der Waals surface area contributed by atoms with Crippen LogP contribution < -0.4 is 10.1 Å². The van der Waals surface area contributed by atoms with Crippen molar-refractivity contribution in [1.82, 2.24) is 5.32 Å². The number of rotatable bonds is 2. The van der Waals surface area contributed by atoms with E-state index in [1.54, 1.807) is 43.3 Å². The van der Waals surface area contributed by atoms with Crippen LogP contribution in [0.15, 0.2) is 54.2 Å². The number of nitrogens with one attached hydrogen (secondary N) is 1. The molecule has 0 aliphatic carbocycles. The Kier molecular flexibility index (Phi) is 4.28. The monoisotopic (exact) mass is 363 g/mol. The number of fused-ring (bicyclic) bond motifs is 1. The third-order valence-electron chi connectivity index (χ3n) is 4.10. The number of benzene rings is 2. The van der Waals surface area contributed by atoms with Crippen molar-refractivity contribution in [2.75, 3.05) is 0 Å². The van der Waals surface area contributed by atoms with Gasteiger partial charge in [-0.3, -0.25) is 4.79 Å². The lowest BCUT2D eigenvalue weighted by Crippen LogP contribution is -2.57. The van der Waals surface area contributed by atoms with Crippen LogP contribution in [0.4, 0.5) is 13.2 Å². The first-order valence-corrected chi connectivity index (χ1v) is 7.81. The van der Waals surface area contributed by atoms with Crippen LogP contribution in [0.3, 0.4) is 0 Å². The molecule has 1 amide bonds. The number of aryl methyl sites for hydroxylation is 1. The lowest BCUT2D eigenvalue weighted by molar-refractivity contribution is -0.318. The van der Waals surface area contributed by atoms with Crippen molar-refractivity contribution in [3.63, 3.8) is 0 Å². The summed E-state index contributed by atoms with van der Waals surface area (Å²) in [6, 6.07) is 12.9. The summed E-state index contributed by atoms with van der Waals surface area (Å²) in [5.41, 5.74) is 0.811. The second-order valence-electron chi connectivity index (χ2n) is 5.99. The topological polar surface area (TPSA) is 58.6 Å². The Morgan fingerprint density at radius 1 is 1.08 bits per heavy atom. The molecule has 1 unspecified atom stereocenters. The predicted molar refractivity (Wildman–Crippen MR) is 89.1 cm³/mol. The van der Waals surface area contributed by atoms with Gasteiger partial charge in [-0.25, -0.2) is 0 Å². The molecule has 1 aliphatic rings. The molecule has 136 valence electrons.